The number of furan rings is 1. The van der Waals surface area contributed by atoms with Crippen molar-refractivity contribution < 1.29 is 13.9 Å². The van der Waals surface area contributed by atoms with Crippen molar-refractivity contribution in [3.8, 4) is 11.5 Å². The second-order valence-corrected chi connectivity index (χ2v) is 6.15. The first-order chi connectivity index (χ1) is 11.2. The summed E-state index contributed by atoms with van der Waals surface area (Å²) < 4.78 is 16.8. The molecule has 2 unspecified atom stereocenters. The highest BCUT2D eigenvalue weighted by molar-refractivity contribution is 5.42. The van der Waals surface area contributed by atoms with Crippen molar-refractivity contribution in [3.05, 3.63) is 47.4 Å². The normalized spacial score (nSPS) is 19.6. The van der Waals surface area contributed by atoms with Crippen LogP contribution in [-0.2, 0) is 13.1 Å². The van der Waals surface area contributed by atoms with Crippen LogP contribution in [-0.4, -0.2) is 13.7 Å². The first-order valence-electron chi connectivity index (χ1n) is 8.30. The lowest BCUT2D eigenvalue weighted by molar-refractivity contribution is 0.310. The minimum absolute atomic E-state index is 0.627. The third-order valence-electron chi connectivity index (χ3n) is 4.31. The zero-order valence-electron chi connectivity index (χ0n) is 14.1. The highest BCUT2D eigenvalue weighted by Gasteiger charge is 2.36. The Labute approximate surface area is 137 Å². The number of benzene rings is 1. The van der Waals surface area contributed by atoms with Crippen LogP contribution in [0.1, 0.15) is 43.3 Å². The molecule has 2 atom stereocenters. The van der Waals surface area contributed by atoms with E-state index in [0.29, 0.717) is 12.5 Å². The van der Waals surface area contributed by atoms with E-state index >= 15 is 0 Å². The standard InChI is InChI=1S/C19H25NO3/c1-4-22-19-10-14(5-7-18(19)21-3)11-20-12-15-6-8-17(23-15)16-9-13(16)2/h5-8,10,13,16,20H,4,9,11-12H2,1-3H3. The van der Waals surface area contributed by atoms with E-state index in [1.54, 1.807) is 7.11 Å². The lowest BCUT2D eigenvalue weighted by Crippen LogP contribution is -2.12. The van der Waals surface area contributed by atoms with Crippen molar-refractivity contribution in [2.24, 2.45) is 5.92 Å². The van der Waals surface area contributed by atoms with Gasteiger partial charge in [-0.05, 0) is 49.1 Å². The maximum Gasteiger partial charge on any atom is 0.161 e. The number of hydrogen-bond donors (Lipinski definition) is 1. The molecule has 1 fully saturated rings. The molecule has 0 radical (unpaired) electrons. The van der Waals surface area contributed by atoms with Gasteiger partial charge in [0.15, 0.2) is 11.5 Å². The highest BCUT2D eigenvalue weighted by atomic mass is 16.5. The average molecular weight is 315 g/mol. The minimum Gasteiger partial charge on any atom is -0.493 e. The molecule has 4 heteroatoms. The molecule has 1 saturated carbocycles. The van der Waals surface area contributed by atoms with Gasteiger partial charge in [-0.1, -0.05) is 13.0 Å². The van der Waals surface area contributed by atoms with E-state index in [-0.39, 0.29) is 0 Å². The van der Waals surface area contributed by atoms with Gasteiger partial charge in [-0.2, -0.15) is 0 Å². The summed E-state index contributed by atoms with van der Waals surface area (Å²) in [6.07, 6.45) is 1.26. The summed E-state index contributed by atoms with van der Waals surface area (Å²) in [5.41, 5.74) is 1.16. The van der Waals surface area contributed by atoms with E-state index in [1.165, 1.54) is 6.42 Å². The van der Waals surface area contributed by atoms with Gasteiger partial charge in [-0.3, -0.25) is 0 Å². The number of ether oxygens (including phenoxy) is 2. The van der Waals surface area contributed by atoms with Gasteiger partial charge in [0, 0.05) is 12.5 Å². The fraction of sp³-hybridized carbons (Fsp3) is 0.474. The Morgan fingerprint density at radius 3 is 2.70 bits per heavy atom. The third kappa shape index (κ3) is 3.88. The van der Waals surface area contributed by atoms with Crippen LogP contribution in [0.15, 0.2) is 34.7 Å². The molecule has 4 nitrogen and oxygen atoms in total. The number of hydrogen-bond acceptors (Lipinski definition) is 4. The summed E-state index contributed by atoms with van der Waals surface area (Å²) in [6, 6.07) is 10.2. The van der Waals surface area contributed by atoms with Crippen LogP contribution in [0.4, 0.5) is 0 Å². The quantitative estimate of drug-likeness (QED) is 0.796. The van der Waals surface area contributed by atoms with Gasteiger partial charge in [0.2, 0.25) is 0 Å². The fourth-order valence-electron chi connectivity index (χ4n) is 2.84. The smallest absolute Gasteiger partial charge is 0.161 e. The van der Waals surface area contributed by atoms with Crippen LogP contribution in [0.2, 0.25) is 0 Å². The molecule has 1 aromatic heterocycles. The van der Waals surface area contributed by atoms with Crippen LogP contribution < -0.4 is 14.8 Å². The first kappa shape index (κ1) is 15.9. The molecular formula is C19H25NO3. The van der Waals surface area contributed by atoms with E-state index in [2.05, 4.69) is 24.4 Å². The molecule has 1 aromatic carbocycles. The van der Waals surface area contributed by atoms with Crippen LogP contribution in [0.3, 0.4) is 0 Å². The summed E-state index contributed by atoms with van der Waals surface area (Å²) >= 11 is 0. The average Bonchev–Trinajstić information content (AvgIpc) is 3.09. The van der Waals surface area contributed by atoms with Crippen molar-refractivity contribution >= 4 is 0 Å². The molecule has 2 aromatic rings. The van der Waals surface area contributed by atoms with Gasteiger partial charge in [0.1, 0.15) is 11.5 Å². The summed E-state index contributed by atoms with van der Waals surface area (Å²) in [5, 5.41) is 3.42. The van der Waals surface area contributed by atoms with E-state index in [0.717, 1.165) is 47.6 Å². The molecule has 0 bridgehead atoms. The molecule has 3 rings (SSSR count). The van der Waals surface area contributed by atoms with Gasteiger partial charge in [-0.25, -0.2) is 0 Å². The molecule has 0 aliphatic heterocycles. The Bertz CT molecular complexity index is 650. The maximum absolute atomic E-state index is 5.91. The first-order valence-corrected chi connectivity index (χ1v) is 8.30. The van der Waals surface area contributed by atoms with Gasteiger partial charge < -0.3 is 19.2 Å². The van der Waals surface area contributed by atoms with E-state index in [4.69, 9.17) is 13.9 Å². The Morgan fingerprint density at radius 2 is 2.00 bits per heavy atom. The monoisotopic (exact) mass is 315 g/mol. The van der Waals surface area contributed by atoms with Gasteiger partial charge in [-0.15, -0.1) is 0 Å². The lowest BCUT2D eigenvalue weighted by Gasteiger charge is -2.11. The molecule has 0 spiro atoms. The predicted octanol–water partition coefficient (Wildman–Crippen LogP) is 4.10. The zero-order valence-corrected chi connectivity index (χ0v) is 14.1. The molecule has 1 N–H and O–H groups in total. The lowest BCUT2D eigenvalue weighted by atomic mass is 10.2. The summed E-state index contributed by atoms with van der Waals surface area (Å²) in [5.74, 6) is 5.11. The van der Waals surface area contributed by atoms with Crippen LogP contribution in [0.25, 0.3) is 0 Å². The molecule has 0 saturated heterocycles. The molecule has 1 aliphatic carbocycles. The molecule has 0 amide bonds. The van der Waals surface area contributed by atoms with Crippen molar-refractivity contribution in [3.63, 3.8) is 0 Å². The Hall–Kier alpha value is -1.94. The summed E-state index contributed by atoms with van der Waals surface area (Å²) in [7, 11) is 1.66. The van der Waals surface area contributed by atoms with E-state index in [9.17, 15) is 0 Å². The van der Waals surface area contributed by atoms with Gasteiger partial charge in [0.25, 0.3) is 0 Å². The van der Waals surface area contributed by atoms with Crippen molar-refractivity contribution in [1.82, 2.24) is 5.32 Å². The summed E-state index contributed by atoms with van der Waals surface area (Å²) in [6.45, 7) is 6.36. The van der Waals surface area contributed by atoms with Crippen molar-refractivity contribution in [2.75, 3.05) is 13.7 Å². The Balaban J connectivity index is 1.53. The second kappa shape index (κ2) is 7.09. The molecule has 1 aliphatic rings. The molecule has 23 heavy (non-hydrogen) atoms. The summed E-state index contributed by atoms with van der Waals surface area (Å²) in [4.78, 5) is 0. The third-order valence-corrected chi connectivity index (χ3v) is 4.31. The van der Waals surface area contributed by atoms with Crippen LogP contribution in [0, 0.1) is 5.92 Å². The SMILES string of the molecule is CCOc1cc(CNCc2ccc(C3CC3C)o2)ccc1OC. The minimum atomic E-state index is 0.627. The molecule has 124 valence electrons. The second-order valence-electron chi connectivity index (χ2n) is 6.15. The topological polar surface area (TPSA) is 43.6 Å². The van der Waals surface area contributed by atoms with Crippen molar-refractivity contribution in [2.45, 2.75) is 39.3 Å². The van der Waals surface area contributed by atoms with Crippen LogP contribution >= 0.6 is 0 Å². The largest absolute Gasteiger partial charge is 0.493 e. The van der Waals surface area contributed by atoms with E-state index in [1.807, 2.05) is 25.1 Å². The predicted molar refractivity (Wildman–Crippen MR) is 89.9 cm³/mol. The molecular weight excluding hydrogens is 290 g/mol. The van der Waals surface area contributed by atoms with Crippen LogP contribution in [0.5, 0.6) is 11.5 Å². The number of methoxy groups -OCH3 is 1. The number of rotatable bonds is 8. The number of nitrogens with one attached hydrogen (secondary N) is 1. The highest BCUT2D eigenvalue weighted by Crippen LogP contribution is 2.47. The Morgan fingerprint density at radius 1 is 1.17 bits per heavy atom. The Kier molecular flexibility index (Phi) is 4.91. The van der Waals surface area contributed by atoms with E-state index < -0.39 is 0 Å². The fourth-order valence-corrected chi connectivity index (χ4v) is 2.84. The van der Waals surface area contributed by atoms with Gasteiger partial charge in [0.05, 0.1) is 20.3 Å². The maximum atomic E-state index is 5.91. The molecule has 1 heterocycles. The van der Waals surface area contributed by atoms with Gasteiger partial charge >= 0.3 is 0 Å². The van der Waals surface area contributed by atoms with Crippen molar-refractivity contribution in [1.29, 1.82) is 0 Å². The zero-order chi connectivity index (χ0) is 16.2.